The van der Waals surface area contributed by atoms with Crippen LogP contribution in [0.1, 0.15) is 48.9 Å². The summed E-state index contributed by atoms with van der Waals surface area (Å²) in [4.78, 5) is 51.7. The van der Waals surface area contributed by atoms with Gasteiger partial charge in [-0.1, -0.05) is 18.2 Å². The van der Waals surface area contributed by atoms with Gasteiger partial charge in [0.2, 0.25) is 11.8 Å². The predicted octanol–water partition coefficient (Wildman–Crippen LogP) is 4.58. The maximum absolute atomic E-state index is 13.9. The summed E-state index contributed by atoms with van der Waals surface area (Å²) >= 11 is 0. The second-order valence-corrected chi connectivity index (χ2v) is 10.1. The Morgan fingerprint density at radius 3 is 2.38 bits per heavy atom. The van der Waals surface area contributed by atoms with E-state index in [0.29, 0.717) is 28.1 Å². The molecule has 1 fully saturated rings. The number of likely N-dealkylation sites (tertiary alicyclic amines) is 1. The predicted molar refractivity (Wildman–Crippen MR) is 135 cm³/mol. The molecule has 2 aromatic rings. The molecule has 3 N–H and O–H groups in total. The van der Waals surface area contributed by atoms with Crippen molar-refractivity contribution in [1.82, 2.24) is 15.1 Å². The molecule has 2 aromatic carbocycles. The van der Waals surface area contributed by atoms with Crippen LogP contribution in [0.15, 0.2) is 42.5 Å². The Bertz CT molecular complexity index is 1330. The van der Waals surface area contributed by atoms with Gasteiger partial charge in [-0.3, -0.25) is 9.59 Å². The number of rotatable bonds is 5. The monoisotopic (exact) mass is 564 g/mol. The van der Waals surface area contributed by atoms with E-state index in [1.807, 2.05) is 0 Å². The zero-order chi connectivity index (χ0) is 29.4. The summed E-state index contributed by atoms with van der Waals surface area (Å²) in [5.74, 6) is -2.73. The molecule has 1 aliphatic heterocycles. The number of aryl methyl sites for hydroxylation is 1. The minimum Gasteiger partial charge on any atom is -0.465 e. The maximum atomic E-state index is 13.9. The molecule has 9 nitrogen and oxygen atoms in total. The summed E-state index contributed by atoms with van der Waals surface area (Å²) in [5.41, 5.74) is 0.544. The Kier molecular flexibility index (Phi) is 7.77. The lowest BCUT2D eigenvalue weighted by Crippen LogP contribution is -2.53. The molecule has 1 saturated heterocycles. The van der Waals surface area contributed by atoms with Crippen molar-refractivity contribution in [1.29, 1.82) is 0 Å². The molecule has 13 heteroatoms. The Balaban J connectivity index is 1.61. The largest absolute Gasteiger partial charge is 0.465 e. The van der Waals surface area contributed by atoms with Gasteiger partial charge in [0.25, 0.3) is 0 Å². The summed E-state index contributed by atoms with van der Waals surface area (Å²) in [7, 11) is 1.45. The number of nitrogens with one attached hydrogen (secondary N) is 2. The molecule has 0 aromatic heterocycles. The average molecular weight is 565 g/mol. The second kappa shape index (κ2) is 10.8. The van der Waals surface area contributed by atoms with Gasteiger partial charge in [0, 0.05) is 12.7 Å². The van der Waals surface area contributed by atoms with Crippen LogP contribution in [0.2, 0.25) is 0 Å². The SMILES string of the molecule is CNC(=O)Nc1ccc2c(c1)CC[C@]2(C)C(=O)N(CC(=O)N1[C@H](c2ccc(F)cc2)CC[C@@H]1C(F)(F)F)C(=O)O. The number of hydrogen-bond acceptors (Lipinski definition) is 4. The molecule has 0 bridgehead atoms. The van der Waals surface area contributed by atoms with E-state index in [2.05, 4.69) is 10.6 Å². The van der Waals surface area contributed by atoms with Gasteiger partial charge in [-0.15, -0.1) is 0 Å². The fraction of sp³-hybridized carbons (Fsp3) is 0.407. The van der Waals surface area contributed by atoms with Crippen LogP contribution in [0.3, 0.4) is 0 Å². The summed E-state index contributed by atoms with van der Waals surface area (Å²) < 4.78 is 55.2. The minimum atomic E-state index is -4.79. The number of imide groups is 1. The number of hydrogen-bond donors (Lipinski definition) is 3. The van der Waals surface area contributed by atoms with Gasteiger partial charge >= 0.3 is 18.3 Å². The van der Waals surface area contributed by atoms with Gasteiger partial charge in [-0.05, 0) is 73.6 Å². The minimum absolute atomic E-state index is 0.0694. The molecular formula is C27H28F4N4O5. The van der Waals surface area contributed by atoms with E-state index in [1.165, 1.54) is 26.1 Å². The fourth-order valence-electron chi connectivity index (χ4n) is 5.59. The number of alkyl halides is 3. The highest BCUT2D eigenvalue weighted by molar-refractivity contribution is 6.01. The van der Waals surface area contributed by atoms with Crippen LogP contribution < -0.4 is 10.6 Å². The standard InChI is InChI=1S/C27H28F4N4O5/c1-26(12-11-16-13-18(7-8-19(16)26)33-24(38)32-2)23(37)34(25(39)40)14-22(36)35-20(9-10-21(35)27(29,30)31)15-3-5-17(28)6-4-15/h3-8,13,20-21H,9-12,14H2,1-2H3,(H,39,40)(H2,32,33,38)/t20-,21+,26-/m0/s1. The summed E-state index contributed by atoms with van der Waals surface area (Å²) in [5, 5.41) is 14.9. The molecule has 3 atom stereocenters. The van der Waals surface area contributed by atoms with Crippen LogP contribution in [0.4, 0.5) is 32.8 Å². The number of urea groups is 1. The lowest BCUT2D eigenvalue weighted by Gasteiger charge is -2.34. The lowest BCUT2D eigenvalue weighted by molar-refractivity contribution is -0.186. The molecule has 0 radical (unpaired) electrons. The molecule has 2 aliphatic rings. The number of benzene rings is 2. The smallest absolute Gasteiger partial charge is 0.414 e. The third-order valence-electron chi connectivity index (χ3n) is 7.63. The molecule has 0 spiro atoms. The number of carbonyl (C=O) groups is 4. The molecule has 1 heterocycles. The van der Waals surface area contributed by atoms with Crippen LogP contribution in [-0.2, 0) is 21.4 Å². The quantitative estimate of drug-likeness (QED) is 0.460. The van der Waals surface area contributed by atoms with Crippen molar-refractivity contribution in [2.45, 2.75) is 56.3 Å². The number of amides is 5. The third-order valence-corrected chi connectivity index (χ3v) is 7.63. The van der Waals surface area contributed by atoms with E-state index in [-0.39, 0.29) is 23.3 Å². The zero-order valence-electron chi connectivity index (χ0n) is 21.7. The van der Waals surface area contributed by atoms with E-state index in [1.54, 1.807) is 18.2 Å². The van der Waals surface area contributed by atoms with Crippen molar-refractivity contribution in [3.8, 4) is 0 Å². The van der Waals surface area contributed by atoms with E-state index in [9.17, 15) is 41.8 Å². The summed E-state index contributed by atoms with van der Waals surface area (Å²) in [6, 6.07) is 5.78. The van der Waals surface area contributed by atoms with Gasteiger partial charge < -0.3 is 20.6 Å². The Labute approximate surface area is 227 Å². The van der Waals surface area contributed by atoms with Crippen LogP contribution in [0.25, 0.3) is 0 Å². The van der Waals surface area contributed by atoms with Gasteiger partial charge in [0.15, 0.2) is 0 Å². The second-order valence-electron chi connectivity index (χ2n) is 10.1. The number of nitrogens with zero attached hydrogens (tertiary/aromatic N) is 2. The first kappa shape index (κ1) is 28.8. The van der Waals surface area contributed by atoms with Crippen molar-refractivity contribution in [3.05, 3.63) is 65.0 Å². The zero-order valence-corrected chi connectivity index (χ0v) is 21.7. The average Bonchev–Trinajstić information content (AvgIpc) is 3.49. The molecule has 1 aliphatic carbocycles. The molecular weight excluding hydrogens is 536 g/mol. The number of anilines is 1. The van der Waals surface area contributed by atoms with E-state index < -0.39 is 66.4 Å². The molecule has 214 valence electrons. The van der Waals surface area contributed by atoms with Crippen LogP contribution in [-0.4, -0.2) is 64.7 Å². The Hall–Kier alpha value is -4.16. The molecule has 4 rings (SSSR count). The van der Waals surface area contributed by atoms with E-state index >= 15 is 0 Å². The first-order valence-corrected chi connectivity index (χ1v) is 12.6. The van der Waals surface area contributed by atoms with Crippen LogP contribution in [0.5, 0.6) is 0 Å². The van der Waals surface area contributed by atoms with Crippen molar-refractivity contribution in [3.63, 3.8) is 0 Å². The fourth-order valence-corrected chi connectivity index (χ4v) is 5.59. The maximum Gasteiger partial charge on any atom is 0.414 e. The van der Waals surface area contributed by atoms with Gasteiger partial charge in [-0.25, -0.2) is 18.9 Å². The van der Waals surface area contributed by atoms with Crippen molar-refractivity contribution >= 4 is 29.6 Å². The van der Waals surface area contributed by atoms with Crippen molar-refractivity contribution in [2.75, 3.05) is 18.9 Å². The molecule has 40 heavy (non-hydrogen) atoms. The van der Waals surface area contributed by atoms with Crippen molar-refractivity contribution in [2.24, 2.45) is 0 Å². The summed E-state index contributed by atoms with van der Waals surface area (Å²) in [6.45, 7) is 0.406. The number of fused-ring (bicyclic) bond motifs is 1. The molecule has 0 unspecified atom stereocenters. The number of halogens is 4. The van der Waals surface area contributed by atoms with Crippen molar-refractivity contribution < 1.29 is 41.8 Å². The topological polar surface area (TPSA) is 119 Å². The van der Waals surface area contributed by atoms with Crippen LogP contribution >= 0.6 is 0 Å². The Morgan fingerprint density at radius 2 is 1.77 bits per heavy atom. The van der Waals surface area contributed by atoms with E-state index in [0.717, 1.165) is 12.1 Å². The highest BCUT2D eigenvalue weighted by Gasteiger charge is 2.53. The molecule has 5 amide bonds. The van der Waals surface area contributed by atoms with Crippen LogP contribution in [0, 0.1) is 5.82 Å². The highest BCUT2D eigenvalue weighted by Crippen LogP contribution is 2.44. The van der Waals surface area contributed by atoms with Gasteiger partial charge in [0.1, 0.15) is 18.4 Å². The lowest BCUT2D eigenvalue weighted by atomic mass is 9.82. The van der Waals surface area contributed by atoms with E-state index in [4.69, 9.17) is 0 Å². The third kappa shape index (κ3) is 5.45. The number of carbonyl (C=O) groups excluding carboxylic acids is 3. The first-order valence-electron chi connectivity index (χ1n) is 12.6. The summed E-state index contributed by atoms with van der Waals surface area (Å²) in [6.07, 6.45) is -6.49. The number of carboxylic acid groups (broad SMARTS) is 1. The highest BCUT2D eigenvalue weighted by atomic mass is 19.4. The van der Waals surface area contributed by atoms with Gasteiger partial charge in [-0.2, -0.15) is 13.2 Å². The first-order chi connectivity index (χ1) is 18.8. The molecule has 0 saturated carbocycles. The Morgan fingerprint density at radius 1 is 1.10 bits per heavy atom. The van der Waals surface area contributed by atoms with Gasteiger partial charge in [0.05, 0.1) is 11.5 Å². The normalized spacial score (nSPS) is 22.0.